The lowest BCUT2D eigenvalue weighted by atomic mass is 10.0. The Kier molecular flexibility index (Phi) is 5.80. The van der Waals surface area contributed by atoms with Crippen LogP contribution < -0.4 is 10.5 Å². The van der Waals surface area contributed by atoms with Gasteiger partial charge in [-0.05, 0) is 51.0 Å². The van der Waals surface area contributed by atoms with Gasteiger partial charge in [0.25, 0.3) is 10.0 Å². The van der Waals surface area contributed by atoms with Crippen molar-refractivity contribution in [3.05, 3.63) is 17.9 Å². The number of hydrogen-bond acceptors (Lipinski definition) is 5. The molecule has 0 aliphatic carbocycles. The van der Waals surface area contributed by atoms with Crippen LogP contribution in [0.4, 0.5) is 0 Å². The highest BCUT2D eigenvalue weighted by molar-refractivity contribution is 7.89. The van der Waals surface area contributed by atoms with Crippen molar-refractivity contribution in [2.24, 2.45) is 5.14 Å². The fraction of sp³-hybridized carbons (Fsp3) is 0.714. The van der Waals surface area contributed by atoms with Crippen molar-refractivity contribution in [1.82, 2.24) is 10.2 Å². The molecule has 0 spiro atoms. The van der Waals surface area contributed by atoms with Crippen LogP contribution in [0.3, 0.4) is 0 Å². The summed E-state index contributed by atoms with van der Waals surface area (Å²) < 4.78 is 27.5. The van der Waals surface area contributed by atoms with Gasteiger partial charge in [-0.3, -0.25) is 0 Å². The summed E-state index contributed by atoms with van der Waals surface area (Å²) in [7, 11) is -3.74. The van der Waals surface area contributed by atoms with E-state index in [1.54, 1.807) is 6.07 Å². The molecule has 1 aromatic rings. The standard InChI is InChI=1S/C14H25N3O3S/c1-2-3-8-17-9-6-12(7-10-17)16-11-13-4-5-14(20-13)21(15,18)19/h4-5,12,16H,2-3,6-11H2,1H3,(H2,15,18,19). The van der Waals surface area contributed by atoms with E-state index in [2.05, 4.69) is 17.1 Å². The minimum Gasteiger partial charge on any atom is -0.447 e. The first-order valence-electron chi connectivity index (χ1n) is 7.56. The molecule has 1 aliphatic rings. The SMILES string of the molecule is CCCCN1CCC(NCc2ccc(S(N)(=O)=O)o2)CC1. The smallest absolute Gasteiger partial charge is 0.271 e. The van der Waals surface area contributed by atoms with Crippen LogP contribution in [0.25, 0.3) is 0 Å². The average Bonchev–Trinajstić information content (AvgIpc) is 2.93. The van der Waals surface area contributed by atoms with Gasteiger partial charge in [0.15, 0.2) is 0 Å². The van der Waals surface area contributed by atoms with Gasteiger partial charge in [-0.15, -0.1) is 0 Å². The normalized spacial score (nSPS) is 18.2. The Bertz CT molecular complexity index is 533. The van der Waals surface area contributed by atoms with Crippen LogP contribution in [-0.4, -0.2) is 39.0 Å². The number of nitrogens with zero attached hydrogens (tertiary/aromatic N) is 1. The van der Waals surface area contributed by atoms with Crippen molar-refractivity contribution < 1.29 is 12.8 Å². The first-order valence-corrected chi connectivity index (χ1v) is 9.11. The van der Waals surface area contributed by atoms with Crippen molar-refractivity contribution >= 4 is 10.0 Å². The minimum atomic E-state index is -3.74. The predicted molar refractivity (Wildman–Crippen MR) is 81.3 cm³/mol. The van der Waals surface area contributed by atoms with Crippen LogP contribution in [0.15, 0.2) is 21.6 Å². The molecule has 1 fully saturated rings. The van der Waals surface area contributed by atoms with Gasteiger partial charge in [-0.25, -0.2) is 13.6 Å². The third-order valence-corrected chi connectivity index (χ3v) is 4.68. The summed E-state index contributed by atoms with van der Waals surface area (Å²) in [6, 6.07) is 3.52. The van der Waals surface area contributed by atoms with Gasteiger partial charge in [0.2, 0.25) is 5.09 Å². The Balaban J connectivity index is 1.73. The minimum absolute atomic E-state index is 0.173. The van der Waals surface area contributed by atoms with Gasteiger partial charge >= 0.3 is 0 Å². The van der Waals surface area contributed by atoms with E-state index in [4.69, 9.17) is 9.56 Å². The number of sulfonamides is 1. The Morgan fingerprint density at radius 2 is 2.10 bits per heavy atom. The highest BCUT2D eigenvalue weighted by Crippen LogP contribution is 2.14. The van der Waals surface area contributed by atoms with E-state index in [1.807, 2.05) is 0 Å². The fourth-order valence-corrected chi connectivity index (χ4v) is 3.07. The second-order valence-electron chi connectivity index (χ2n) is 5.62. The highest BCUT2D eigenvalue weighted by atomic mass is 32.2. The molecule has 1 saturated heterocycles. The molecule has 1 aliphatic heterocycles. The lowest BCUT2D eigenvalue weighted by molar-refractivity contribution is 0.193. The number of unbranched alkanes of at least 4 members (excludes halogenated alkanes) is 1. The van der Waals surface area contributed by atoms with E-state index in [-0.39, 0.29) is 5.09 Å². The topological polar surface area (TPSA) is 88.6 Å². The van der Waals surface area contributed by atoms with Gasteiger partial charge in [-0.2, -0.15) is 0 Å². The average molecular weight is 315 g/mol. The van der Waals surface area contributed by atoms with Gasteiger partial charge in [0, 0.05) is 6.04 Å². The molecule has 2 rings (SSSR count). The van der Waals surface area contributed by atoms with Crippen molar-refractivity contribution in [1.29, 1.82) is 0 Å². The number of furan rings is 1. The van der Waals surface area contributed by atoms with Crippen molar-refractivity contribution in [2.75, 3.05) is 19.6 Å². The molecule has 21 heavy (non-hydrogen) atoms. The zero-order valence-corrected chi connectivity index (χ0v) is 13.4. The highest BCUT2D eigenvalue weighted by Gasteiger charge is 2.19. The van der Waals surface area contributed by atoms with E-state index in [9.17, 15) is 8.42 Å². The molecular formula is C14H25N3O3S. The summed E-state index contributed by atoms with van der Waals surface area (Å²) in [6.45, 7) is 6.19. The number of piperidine rings is 1. The third-order valence-electron chi connectivity index (χ3n) is 3.90. The van der Waals surface area contributed by atoms with E-state index in [0.717, 1.165) is 25.9 Å². The third kappa shape index (κ3) is 5.10. The Morgan fingerprint density at radius 1 is 1.38 bits per heavy atom. The summed E-state index contributed by atoms with van der Waals surface area (Å²) in [6.07, 6.45) is 4.74. The van der Waals surface area contributed by atoms with E-state index < -0.39 is 10.0 Å². The second-order valence-corrected chi connectivity index (χ2v) is 7.11. The van der Waals surface area contributed by atoms with Gasteiger partial charge < -0.3 is 14.6 Å². The molecule has 6 nitrogen and oxygen atoms in total. The maximum atomic E-state index is 11.1. The maximum Gasteiger partial charge on any atom is 0.271 e. The van der Waals surface area contributed by atoms with E-state index in [1.165, 1.54) is 25.5 Å². The number of likely N-dealkylation sites (tertiary alicyclic amines) is 1. The van der Waals surface area contributed by atoms with Gasteiger partial charge in [0.05, 0.1) is 6.54 Å². The molecule has 120 valence electrons. The van der Waals surface area contributed by atoms with Crippen LogP contribution in [0.5, 0.6) is 0 Å². The lowest BCUT2D eigenvalue weighted by Gasteiger charge is -2.32. The second kappa shape index (κ2) is 7.40. The molecule has 7 heteroatoms. The maximum absolute atomic E-state index is 11.1. The van der Waals surface area contributed by atoms with Crippen LogP contribution in [-0.2, 0) is 16.6 Å². The Hall–Kier alpha value is -0.890. The summed E-state index contributed by atoms with van der Waals surface area (Å²) in [4.78, 5) is 2.51. The number of hydrogen-bond donors (Lipinski definition) is 2. The van der Waals surface area contributed by atoms with Crippen molar-refractivity contribution in [2.45, 2.75) is 50.3 Å². The molecule has 0 amide bonds. The number of primary sulfonamides is 1. The Morgan fingerprint density at radius 3 is 2.67 bits per heavy atom. The molecule has 0 saturated carbocycles. The Labute approximate surface area is 126 Å². The lowest BCUT2D eigenvalue weighted by Crippen LogP contribution is -2.42. The van der Waals surface area contributed by atoms with Crippen molar-refractivity contribution in [3.8, 4) is 0 Å². The zero-order chi connectivity index (χ0) is 15.3. The summed E-state index contributed by atoms with van der Waals surface area (Å²) in [5, 5.41) is 8.27. The molecule has 0 radical (unpaired) electrons. The van der Waals surface area contributed by atoms with Crippen molar-refractivity contribution in [3.63, 3.8) is 0 Å². The molecule has 2 heterocycles. The first-order chi connectivity index (χ1) is 9.99. The first kappa shape index (κ1) is 16.5. The molecular weight excluding hydrogens is 290 g/mol. The van der Waals surface area contributed by atoms with E-state index >= 15 is 0 Å². The molecule has 0 atom stereocenters. The molecule has 0 unspecified atom stereocenters. The van der Waals surface area contributed by atoms with Crippen LogP contribution in [0.2, 0.25) is 0 Å². The monoisotopic (exact) mass is 315 g/mol. The summed E-state index contributed by atoms with van der Waals surface area (Å²) in [5.74, 6) is 0.604. The largest absolute Gasteiger partial charge is 0.447 e. The van der Waals surface area contributed by atoms with Gasteiger partial charge in [0.1, 0.15) is 5.76 Å². The number of nitrogens with one attached hydrogen (secondary N) is 1. The summed E-state index contributed by atoms with van der Waals surface area (Å²) >= 11 is 0. The quantitative estimate of drug-likeness (QED) is 0.791. The van der Waals surface area contributed by atoms with Gasteiger partial charge in [-0.1, -0.05) is 13.3 Å². The molecule has 0 bridgehead atoms. The van der Waals surface area contributed by atoms with Crippen LogP contribution in [0.1, 0.15) is 38.4 Å². The summed E-state index contributed by atoms with van der Waals surface area (Å²) in [5.41, 5.74) is 0. The number of rotatable bonds is 7. The molecule has 3 N–H and O–H groups in total. The predicted octanol–water partition coefficient (Wildman–Crippen LogP) is 1.28. The zero-order valence-electron chi connectivity index (χ0n) is 12.5. The van der Waals surface area contributed by atoms with Crippen LogP contribution >= 0.6 is 0 Å². The number of nitrogens with two attached hydrogens (primary N) is 1. The van der Waals surface area contributed by atoms with E-state index in [0.29, 0.717) is 18.3 Å². The fourth-order valence-electron chi connectivity index (χ4n) is 2.59. The molecule has 0 aromatic carbocycles. The van der Waals surface area contributed by atoms with Crippen LogP contribution in [0, 0.1) is 0 Å². The molecule has 1 aromatic heterocycles.